The molecule has 4 heteroatoms. The van der Waals surface area contributed by atoms with Gasteiger partial charge in [-0.05, 0) is 58.7 Å². The van der Waals surface area contributed by atoms with Gasteiger partial charge in [-0.25, -0.2) is 0 Å². The minimum absolute atomic E-state index is 0.0859. The second kappa shape index (κ2) is 7.30. The van der Waals surface area contributed by atoms with Gasteiger partial charge in [0.25, 0.3) is 0 Å². The first-order valence-electron chi connectivity index (χ1n) is 12.8. The standard InChI is InChI=1S/C33H24BNO2/c1-33(2)26-13-4-6-15-28(26)35(29-16-7-5-14-27(29)33)21-18-19-31-25(20-21)24-12-9-11-23-22-10-3-8-17-30(22)36-34(37-31)32(23)24/h3-20H,1-2H3. The molecule has 0 aromatic heterocycles. The van der Waals surface area contributed by atoms with Gasteiger partial charge in [0, 0.05) is 27.7 Å². The molecule has 0 radical (unpaired) electrons. The lowest BCUT2D eigenvalue weighted by molar-refractivity contribution is 0.436. The van der Waals surface area contributed by atoms with Crippen LogP contribution in [0.5, 0.6) is 11.5 Å². The summed E-state index contributed by atoms with van der Waals surface area (Å²) in [5, 5.41) is 0. The summed E-state index contributed by atoms with van der Waals surface area (Å²) in [5.74, 6) is 1.71. The van der Waals surface area contributed by atoms with E-state index in [4.69, 9.17) is 9.31 Å². The Morgan fingerprint density at radius 2 is 1.14 bits per heavy atom. The normalized spacial score (nSPS) is 15.3. The Hall–Kier alpha value is -4.44. The minimum Gasteiger partial charge on any atom is -0.521 e. The van der Waals surface area contributed by atoms with E-state index >= 15 is 0 Å². The molecule has 8 rings (SSSR count). The monoisotopic (exact) mass is 477 g/mol. The van der Waals surface area contributed by atoms with Crippen molar-refractivity contribution >= 4 is 29.6 Å². The molecule has 0 atom stereocenters. The molecule has 3 nitrogen and oxygen atoms in total. The van der Waals surface area contributed by atoms with Crippen LogP contribution in [0.1, 0.15) is 25.0 Å². The van der Waals surface area contributed by atoms with Crippen LogP contribution in [0.4, 0.5) is 17.1 Å². The van der Waals surface area contributed by atoms with E-state index in [-0.39, 0.29) is 5.41 Å². The van der Waals surface area contributed by atoms with E-state index < -0.39 is 7.12 Å². The first-order valence-corrected chi connectivity index (χ1v) is 12.8. The Balaban J connectivity index is 1.34. The van der Waals surface area contributed by atoms with Gasteiger partial charge in [-0.2, -0.15) is 0 Å². The van der Waals surface area contributed by atoms with Crippen LogP contribution in [0, 0.1) is 0 Å². The van der Waals surface area contributed by atoms with Gasteiger partial charge >= 0.3 is 7.12 Å². The van der Waals surface area contributed by atoms with Crippen molar-refractivity contribution in [3.63, 3.8) is 0 Å². The maximum absolute atomic E-state index is 6.47. The molecule has 0 fully saturated rings. The lowest BCUT2D eigenvalue weighted by atomic mass is 9.66. The van der Waals surface area contributed by atoms with Gasteiger partial charge in [-0.1, -0.05) is 86.6 Å². The Bertz CT molecular complexity index is 1690. The van der Waals surface area contributed by atoms with Crippen molar-refractivity contribution in [2.75, 3.05) is 4.90 Å². The highest BCUT2D eigenvalue weighted by atomic mass is 16.6. The first-order chi connectivity index (χ1) is 18.1. The number of para-hydroxylation sites is 3. The highest BCUT2D eigenvalue weighted by Crippen LogP contribution is 2.52. The molecule has 0 unspecified atom stereocenters. The van der Waals surface area contributed by atoms with Crippen molar-refractivity contribution in [3.05, 3.63) is 120 Å². The smallest absolute Gasteiger partial charge is 0.521 e. The SMILES string of the molecule is CC1(C)c2ccccc2N(c2ccc3c(c2)-c2cccc4c2B(Oc2ccccc2-4)O3)c2ccccc21. The van der Waals surface area contributed by atoms with Crippen molar-refractivity contribution in [3.8, 4) is 33.8 Å². The summed E-state index contributed by atoms with van der Waals surface area (Å²) in [6.45, 7) is 4.63. The lowest BCUT2D eigenvalue weighted by Crippen LogP contribution is -2.49. The summed E-state index contributed by atoms with van der Waals surface area (Å²) in [4.78, 5) is 2.39. The van der Waals surface area contributed by atoms with Crippen LogP contribution >= 0.6 is 0 Å². The molecule has 37 heavy (non-hydrogen) atoms. The van der Waals surface area contributed by atoms with E-state index in [0.29, 0.717) is 0 Å². The summed E-state index contributed by atoms with van der Waals surface area (Å²) in [6.07, 6.45) is 0. The molecule has 3 aliphatic heterocycles. The molecule has 0 N–H and O–H groups in total. The molecular formula is C33H24BNO2. The fraction of sp³-hybridized carbons (Fsp3) is 0.0909. The largest absolute Gasteiger partial charge is 0.633 e. The average Bonchev–Trinajstić information content (AvgIpc) is 2.94. The second-order valence-corrected chi connectivity index (χ2v) is 10.5. The minimum atomic E-state index is -0.448. The van der Waals surface area contributed by atoms with E-state index in [0.717, 1.165) is 33.8 Å². The summed E-state index contributed by atoms with van der Waals surface area (Å²) >= 11 is 0. The molecule has 0 spiro atoms. The Morgan fingerprint density at radius 3 is 1.86 bits per heavy atom. The molecule has 3 aliphatic rings. The van der Waals surface area contributed by atoms with Gasteiger partial charge in [0.05, 0.1) is 11.4 Å². The highest BCUT2D eigenvalue weighted by molar-refractivity contribution is 6.68. The summed E-state index contributed by atoms with van der Waals surface area (Å²) in [6, 6.07) is 38.7. The molecular weight excluding hydrogens is 453 g/mol. The number of anilines is 3. The number of fused-ring (bicyclic) bond motifs is 6. The van der Waals surface area contributed by atoms with E-state index in [1.54, 1.807) is 0 Å². The number of benzene rings is 5. The van der Waals surface area contributed by atoms with Gasteiger partial charge < -0.3 is 14.2 Å². The van der Waals surface area contributed by atoms with Crippen LogP contribution in [0.2, 0.25) is 0 Å². The zero-order valence-corrected chi connectivity index (χ0v) is 20.7. The summed E-state index contributed by atoms with van der Waals surface area (Å²) < 4.78 is 12.8. The molecule has 3 heterocycles. The van der Waals surface area contributed by atoms with Gasteiger partial charge in [-0.3, -0.25) is 0 Å². The van der Waals surface area contributed by atoms with Crippen molar-refractivity contribution in [1.82, 2.24) is 0 Å². The van der Waals surface area contributed by atoms with Crippen molar-refractivity contribution < 1.29 is 9.31 Å². The van der Waals surface area contributed by atoms with Gasteiger partial charge in [0.15, 0.2) is 0 Å². The zero-order chi connectivity index (χ0) is 24.7. The van der Waals surface area contributed by atoms with Crippen molar-refractivity contribution in [2.24, 2.45) is 0 Å². The van der Waals surface area contributed by atoms with Crippen LogP contribution < -0.4 is 19.7 Å². The van der Waals surface area contributed by atoms with E-state index in [2.05, 4.69) is 116 Å². The fourth-order valence-electron chi connectivity index (χ4n) is 6.37. The molecule has 0 saturated carbocycles. The topological polar surface area (TPSA) is 21.7 Å². The Labute approximate surface area is 217 Å². The molecule has 5 aromatic rings. The molecule has 0 amide bonds. The van der Waals surface area contributed by atoms with Gasteiger partial charge in [-0.15, -0.1) is 0 Å². The Morgan fingerprint density at radius 1 is 0.568 bits per heavy atom. The van der Waals surface area contributed by atoms with E-state index in [9.17, 15) is 0 Å². The van der Waals surface area contributed by atoms with Gasteiger partial charge in [0.2, 0.25) is 0 Å². The first kappa shape index (κ1) is 20.7. The molecule has 0 saturated heterocycles. The highest BCUT2D eigenvalue weighted by Gasteiger charge is 2.42. The summed E-state index contributed by atoms with van der Waals surface area (Å²) in [5.41, 5.74) is 11.8. The third-order valence-electron chi connectivity index (χ3n) is 8.14. The number of nitrogens with zero attached hydrogens (tertiary/aromatic N) is 1. The van der Waals surface area contributed by atoms with E-state index in [1.807, 2.05) is 12.1 Å². The zero-order valence-electron chi connectivity index (χ0n) is 20.7. The van der Waals surface area contributed by atoms with Gasteiger partial charge in [0.1, 0.15) is 11.5 Å². The third kappa shape index (κ3) is 2.78. The van der Waals surface area contributed by atoms with Crippen LogP contribution in [-0.2, 0) is 5.41 Å². The molecule has 176 valence electrons. The predicted molar refractivity (Wildman–Crippen MR) is 151 cm³/mol. The number of hydrogen-bond donors (Lipinski definition) is 0. The Kier molecular flexibility index (Phi) is 4.09. The van der Waals surface area contributed by atoms with Crippen LogP contribution in [0.15, 0.2) is 109 Å². The molecule has 0 aliphatic carbocycles. The predicted octanol–water partition coefficient (Wildman–Crippen LogP) is 7.61. The van der Waals surface area contributed by atoms with Crippen molar-refractivity contribution in [1.29, 1.82) is 0 Å². The average molecular weight is 477 g/mol. The molecule has 5 aromatic carbocycles. The second-order valence-electron chi connectivity index (χ2n) is 10.5. The van der Waals surface area contributed by atoms with Crippen molar-refractivity contribution in [2.45, 2.75) is 19.3 Å². The lowest BCUT2D eigenvalue weighted by Gasteiger charge is -2.42. The van der Waals surface area contributed by atoms with Crippen LogP contribution in [0.3, 0.4) is 0 Å². The maximum atomic E-state index is 6.47. The van der Waals surface area contributed by atoms with E-state index in [1.165, 1.54) is 33.6 Å². The number of hydrogen-bond acceptors (Lipinski definition) is 3. The maximum Gasteiger partial charge on any atom is 0.633 e. The third-order valence-corrected chi connectivity index (χ3v) is 8.14. The molecule has 0 bridgehead atoms. The number of rotatable bonds is 1. The fourth-order valence-corrected chi connectivity index (χ4v) is 6.37. The van der Waals surface area contributed by atoms with Crippen LogP contribution in [0.25, 0.3) is 22.3 Å². The van der Waals surface area contributed by atoms with Crippen LogP contribution in [-0.4, -0.2) is 7.12 Å². The quantitative estimate of drug-likeness (QED) is 0.232. The summed E-state index contributed by atoms with van der Waals surface area (Å²) in [7, 11) is -0.448.